The fourth-order valence-electron chi connectivity index (χ4n) is 2.18. The molecule has 2 amide bonds. The SMILES string of the molecule is COC(=O)[C@H](CCSC)NC(=O)Nc1ccc(Oc2ccccc2)cc1. The van der Waals surface area contributed by atoms with Gasteiger partial charge in [-0.15, -0.1) is 0 Å². The standard InChI is InChI=1S/C19H22N2O4S/c1-24-18(22)17(12-13-26-2)21-19(23)20-14-8-10-16(11-9-14)25-15-6-4-3-5-7-15/h3-11,17H,12-13H2,1-2H3,(H2,20,21,23)/t17-/m0/s1. The van der Waals surface area contributed by atoms with Crippen LogP contribution in [0.5, 0.6) is 11.5 Å². The maximum absolute atomic E-state index is 12.1. The number of carbonyl (C=O) groups excluding carboxylic acids is 2. The number of anilines is 1. The first-order valence-corrected chi connectivity index (χ1v) is 9.49. The lowest BCUT2D eigenvalue weighted by atomic mass is 10.2. The zero-order valence-electron chi connectivity index (χ0n) is 14.7. The normalized spacial score (nSPS) is 11.3. The van der Waals surface area contributed by atoms with Gasteiger partial charge in [0.25, 0.3) is 0 Å². The Balaban J connectivity index is 1.90. The van der Waals surface area contributed by atoms with E-state index < -0.39 is 18.0 Å². The molecule has 0 aliphatic carbocycles. The summed E-state index contributed by atoms with van der Waals surface area (Å²) in [5, 5.41) is 5.33. The number of thioether (sulfide) groups is 1. The summed E-state index contributed by atoms with van der Waals surface area (Å²) in [6.07, 6.45) is 2.44. The molecule has 0 fully saturated rings. The maximum atomic E-state index is 12.1. The average molecular weight is 374 g/mol. The van der Waals surface area contributed by atoms with Crippen molar-refractivity contribution in [2.24, 2.45) is 0 Å². The molecule has 2 N–H and O–H groups in total. The fourth-order valence-corrected chi connectivity index (χ4v) is 2.65. The lowest BCUT2D eigenvalue weighted by Crippen LogP contribution is -2.44. The molecule has 6 nitrogen and oxygen atoms in total. The van der Waals surface area contributed by atoms with Crippen molar-refractivity contribution in [3.8, 4) is 11.5 Å². The van der Waals surface area contributed by atoms with Crippen molar-refractivity contribution in [2.75, 3.05) is 24.4 Å². The average Bonchev–Trinajstić information content (AvgIpc) is 2.67. The molecule has 26 heavy (non-hydrogen) atoms. The van der Waals surface area contributed by atoms with Crippen molar-refractivity contribution in [1.29, 1.82) is 0 Å². The summed E-state index contributed by atoms with van der Waals surface area (Å²) in [6, 6.07) is 15.3. The van der Waals surface area contributed by atoms with Gasteiger partial charge in [-0.05, 0) is 54.8 Å². The van der Waals surface area contributed by atoms with E-state index in [0.29, 0.717) is 17.9 Å². The number of carbonyl (C=O) groups is 2. The topological polar surface area (TPSA) is 76.7 Å². The number of nitrogens with one attached hydrogen (secondary N) is 2. The monoisotopic (exact) mass is 374 g/mol. The zero-order valence-corrected chi connectivity index (χ0v) is 15.5. The van der Waals surface area contributed by atoms with Crippen molar-refractivity contribution < 1.29 is 19.1 Å². The third-order valence-corrected chi connectivity index (χ3v) is 4.14. The quantitative estimate of drug-likeness (QED) is 0.686. The second-order valence-electron chi connectivity index (χ2n) is 5.40. The number of ether oxygens (including phenoxy) is 2. The second kappa shape index (κ2) is 10.4. The van der Waals surface area contributed by atoms with Gasteiger partial charge in [-0.2, -0.15) is 11.8 Å². The van der Waals surface area contributed by atoms with Gasteiger partial charge in [-0.3, -0.25) is 0 Å². The Morgan fingerprint density at radius 1 is 1.04 bits per heavy atom. The van der Waals surface area contributed by atoms with Gasteiger partial charge in [0.1, 0.15) is 17.5 Å². The van der Waals surface area contributed by atoms with Gasteiger partial charge < -0.3 is 20.1 Å². The molecule has 7 heteroatoms. The summed E-state index contributed by atoms with van der Waals surface area (Å²) in [7, 11) is 1.31. The van der Waals surface area contributed by atoms with Crippen LogP contribution in [0.1, 0.15) is 6.42 Å². The number of rotatable bonds is 8. The number of amides is 2. The Bertz CT molecular complexity index is 707. The molecule has 0 saturated carbocycles. The number of esters is 1. The van der Waals surface area contributed by atoms with Gasteiger partial charge in [0.2, 0.25) is 0 Å². The molecule has 0 spiro atoms. The van der Waals surface area contributed by atoms with Crippen LogP contribution in [0.3, 0.4) is 0 Å². The zero-order chi connectivity index (χ0) is 18.8. The first kappa shape index (κ1) is 19.7. The van der Waals surface area contributed by atoms with E-state index in [-0.39, 0.29) is 0 Å². The van der Waals surface area contributed by atoms with E-state index in [0.717, 1.165) is 11.5 Å². The number of hydrogen-bond donors (Lipinski definition) is 2. The van der Waals surface area contributed by atoms with E-state index in [9.17, 15) is 9.59 Å². The third kappa shape index (κ3) is 6.33. The van der Waals surface area contributed by atoms with E-state index in [2.05, 4.69) is 10.6 Å². The largest absolute Gasteiger partial charge is 0.467 e. The Morgan fingerprint density at radius 3 is 2.31 bits per heavy atom. The molecule has 0 saturated heterocycles. The van der Waals surface area contributed by atoms with E-state index in [1.165, 1.54) is 7.11 Å². The summed E-state index contributed by atoms with van der Waals surface area (Å²) in [4.78, 5) is 23.8. The Labute approximate surface area is 157 Å². The van der Waals surface area contributed by atoms with Gasteiger partial charge in [-0.25, -0.2) is 9.59 Å². The second-order valence-corrected chi connectivity index (χ2v) is 6.38. The Morgan fingerprint density at radius 2 is 1.69 bits per heavy atom. The van der Waals surface area contributed by atoms with E-state index in [1.54, 1.807) is 36.0 Å². The number of para-hydroxylation sites is 1. The lowest BCUT2D eigenvalue weighted by molar-refractivity contribution is -0.142. The first-order valence-electron chi connectivity index (χ1n) is 8.09. The van der Waals surface area contributed by atoms with E-state index in [4.69, 9.17) is 9.47 Å². The van der Waals surface area contributed by atoms with Gasteiger partial charge in [0.05, 0.1) is 7.11 Å². The highest BCUT2D eigenvalue weighted by Gasteiger charge is 2.20. The Kier molecular flexibility index (Phi) is 7.82. The van der Waals surface area contributed by atoms with Crippen LogP contribution in [0, 0.1) is 0 Å². The van der Waals surface area contributed by atoms with Crippen LogP contribution < -0.4 is 15.4 Å². The van der Waals surface area contributed by atoms with Gasteiger partial charge in [0.15, 0.2) is 0 Å². The molecule has 0 unspecified atom stereocenters. The molecule has 0 aliphatic heterocycles. The predicted molar refractivity (Wildman–Crippen MR) is 104 cm³/mol. The Hall–Kier alpha value is -2.67. The summed E-state index contributed by atoms with van der Waals surface area (Å²) in [5.74, 6) is 1.68. The summed E-state index contributed by atoms with van der Waals surface area (Å²) in [5.41, 5.74) is 0.594. The molecule has 0 bridgehead atoms. The van der Waals surface area contributed by atoms with Crippen LogP contribution in [-0.4, -0.2) is 37.2 Å². The molecule has 1 atom stereocenters. The molecule has 0 aliphatic rings. The van der Waals surface area contributed by atoms with Crippen LogP contribution in [-0.2, 0) is 9.53 Å². The lowest BCUT2D eigenvalue weighted by Gasteiger charge is -2.16. The third-order valence-electron chi connectivity index (χ3n) is 3.49. The molecule has 0 heterocycles. The van der Waals surface area contributed by atoms with Crippen molar-refractivity contribution >= 4 is 29.4 Å². The minimum atomic E-state index is -0.673. The minimum Gasteiger partial charge on any atom is -0.467 e. The number of hydrogen-bond acceptors (Lipinski definition) is 5. The predicted octanol–water partition coefficient (Wildman–Crippen LogP) is 3.90. The highest BCUT2D eigenvalue weighted by Crippen LogP contribution is 2.22. The molecule has 0 aromatic heterocycles. The summed E-state index contributed by atoms with van der Waals surface area (Å²) < 4.78 is 10.4. The van der Waals surface area contributed by atoms with Crippen LogP contribution in [0.25, 0.3) is 0 Å². The van der Waals surface area contributed by atoms with Crippen molar-refractivity contribution in [3.05, 3.63) is 54.6 Å². The van der Waals surface area contributed by atoms with Crippen LogP contribution in [0.2, 0.25) is 0 Å². The number of urea groups is 1. The maximum Gasteiger partial charge on any atom is 0.328 e. The molecule has 2 aromatic carbocycles. The minimum absolute atomic E-state index is 0.458. The molecule has 138 valence electrons. The van der Waals surface area contributed by atoms with Crippen LogP contribution in [0.15, 0.2) is 54.6 Å². The van der Waals surface area contributed by atoms with Gasteiger partial charge in [-0.1, -0.05) is 18.2 Å². The number of methoxy groups -OCH3 is 1. The van der Waals surface area contributed by atoms with Crippen LogP contribution in [0.4, 0.5) is 10.5 Å². The molecule has 2 aromatic rings. The van der Waals surface area contributed by atoms with Crippen molar-refractivity contribution in [1.82, 2.24) is 5.32 Å². The molecule has 2 rings (SSSR count). The van der Waals surface area contributed by atoms with Crippen molar-refractivity contribution in [3.63, 3.8) is 0 Å². The molecular weight excluding hydrogens is 352 g/mol. The first-order chi connectivity index (χ1) is 12.6. The fraction of sp³-hybridized carbons (Fsp3) is 0.263. The molecule has 0 radical (unpaired) electrons. The summed E-state index contributed by atoms with van der Waals surface area (Å²) in [6.45, 7) is 0. The highest BCUT2D eigenvalue weighted by molar-refractivity contribution is 7.98. The summed E-state index contributed by atoms with van der Waals surface area (Å²) >= 11 is 1.60. The molecular formula is C19H22N2O4S. The van der Waals surface area contributed by atoms with E-state index >= 15 is 0 Å². The smallest absolute Gasteiger partial charge is 0.328 e. The van der Waals surface area contributed by atoms with Crippen LogP contribution >= 0.6 is 11.8 Å². The van der Waals surface area contributed by atoms with Gasteiger partial charge >= 0.3 is 12.0 Å². The number of benzene rings is 2. The van der Waals surface area contributed by atoms with Gasteiger partial charge in [0, 0.05) is 5.69 Å². The highest BCUT2D eigenvalue weighted by atomic mass is 32.2. The van der Waals surface area contributed by atoms with E-state index in [1.807, 2.05) is 36.6 Å². The van der Waals surface area contributed by atoms with Crippen molar-refractivity contribution in [2.45, 2.75) is 12.5 Å².